The van der Waals surface area contributed by atoms with Gasteiger partial charge >= 0.3 is 0 Å². The molecule has 0 aliphatic carbocycles. The van der Waals surface area contributed by atoms with E-state index >= 15 is 0 Å². The van der Waals surface area contributed by atoms with Gasteiger partial charge in [0.05, 0.1) is 0 Å². The molecule has 0 aromatic carbocycles. The Bertz CT molecular complexity index is 6.49. The molecular formula is H18Co2N6. The number of hydrogen-bond acceptors (Lipinski definition) is 6. The molecule has 0 heterocycles. The summed E-state index contributed by atoms with van der Waals surface area (Å²) in [4.78, 5) is 0. The molecule has 0 spiro atoms. The summed E-state index contributed by atoms with van der Waals surface area (Å²) in [6, 6.07) is 0. The van der Waals surface area contributed by atoms with Gasteiger partial charge in [-0.05, 0) is 0 Å². The van der Waals surface area contributed by atoms with Gasteiger partial charge in [0.15, 0.2) is 0 Å². The predicted molar refractivity (Wildman–Crippen MR) is 30.1 cm³/mol. The summed E-state index contributed by atoms with van der Waals surface area (Å²) in [6.07, 6.45) is 0. The minimum absolute atomic E-state index is 0. The fourth-order valence-electron chi connectivity index (χ4n) is 0. The van der Waals surface area contributed by atoms with Crippen molar-refractivity contribution >= 4 is 0 Å². The number of hydrogen-bond donors (Lipinski definition) is 6. The van der Waals surface area contributed by atoms with Crippen molar-refractivity contribution in [2.75, 3.05) is 0 Å². The van der Waals surface area contributed by atoms with Crippen molar-refractivity contribution in [3.05, 3.63) is 0 Å². The maximum atomic E-state index is 0. The van der Waals surface area contributed by atoms with Crippen molar-refractivity contribution in [2.45, 2.75) is 0 Å². The van der Waals surface area contributed by atoms with E-state index in [1.807, 2.05) is 0 Å². The molecule has 0 rings (SSSR count). The van der Waals surface area contributed by atoms with Crippen molar-refractivity contribution in [1.29, 1.82) is 0 Å². The SMILES string of the molecule is N.N.N.N.N.N.[Co].[Co]. The third kappa shape index (κ3) is 378. The zero-order chi connectivity index (χ0) is 0. The molecule has 0 bridgehead atoms. The first-order valence-electron chi connectivity index (χ1n) is 0. The van der Waals surface area contributed by atoms with Crippen LogP contribution in [0.15, 0.2) is 0 Å². The van der Waals surface area contributed by atoms with Gasteiger partial charge in [0.2, 0.25) is 0 Å². The molecule has 0 atom stereocenters. The van der Waals surface area contributed by atoms with E-state index in [1.165, 1.54) is 0 Å². The summed E-state index contributed by atoms with van der Waals surface area (Å²) in [5.41, 5.74) is 0. The van der Waals surface area contributed by atoms with Gasteiger partial charge in [-0.3, -0.25) is 0 Å². The van der Waals surface area contributed by atoms with Crippen LogP contribution in [-0.2, 0) is 33.6 Å². The number of rotatable bonds is 0. The summed E-state index contributed by atoms with van der Waals surface area (Å²) in [7, 11) is 0. The van der Waals surface area contributed by atoms with Gasteiger partial charge in [0, 0.05) is 33.6 Å². The first-order chi connectivity index (χ1) is 0. The normalized spacial score (nSPS) is 0. The van der Waals surface area contributed by atoms with Crippen LogP contribution in [-0.4, -0.2) is 0 Å². The van der Waals surface area contributed by atoms with E-state index in [9.17, 15) is 0 Å². The zero-order valence-electron chi connectivity index (χ0n) is 4.91. The molecule has 0 aliphatic rings. The van der Waals surface area contributed by atoms with Crippen molar-refractivity contribution in [2.24, 2.45) is 0 Å². The van der Waals surface area contributed by atoms with Gasteiger partial charge in [0.25, 0.3) is 0 Å². The second-order valence-corrected chi connectivity index (χ2v) is 0. The van der Waals surface area contributed by atoms with Crippen molar-refractivity contribution in [1.82, 2.24) is 36.9 Å². The second kappa shape index (κ2) is 597. The van der Waals surface area contributed by atoms with E-state index in [-0.39, 0.29) is 70.5 Å². The van der Waals surface area contributed by atoms with Crippen LogP contribution >= 0.6 is 0 Å². The molecule has 8 heavy (non-hydrogen) atoms. The summed E-state index contributed by atoms with van der Waals surface area (Å²) in [6.45, 7) is 0. The largest absolute Gasteiger partial charge is 0.344 e. The fraction of sp³-hybridized carbons (Fsp3) is 0. The van der Waals surface area contributed by atoms with E-state index in [0.717, 1.165) is 0 Å². The van der Waals surface area contributed by atoms with Crippen LogP contribution in [0.25, 0.3) is 0 Å². The summed E-state index contributed by atoms with van der Waals surface area (Å²) >= 11 is 0. The molecule has 0 unspecified atom stereocenters. The van der Waals surface area contributed by atoms with Crippen LogP contribution in [0.2, 0.25) is 0 Å². The molecule has 0 aromatic rings. The van der Waals surface area contributed by atoms with Crippen LogP contribution in [0.1, 0.15) is 0 Å². The predicted octanol–water partition coefficient (Wildman–Crippen LogP) is 0.967. The van der Waals surface area contributed by atoms with Crippen LogP contribution < -0.4 is 36.9 Å². The van der Waals surface area contributed by atoms with Gasteiger partial charge in [0.1, 0.15) is 0 Å². The molecule has 6 nitrogen and oxygen atoms in total. The van der Waals surface area contributed by atoms with Gasteiger partial charge in [-0.25, -0.2) is 0 Å². The first-order valence-corrected chi connectivity index (χ1v) is 0. The van der Waals surface area contributed by atoms with Crippen molar-refractivity contribution in [3.8, 4) is 0 Å². The first kappa shape index (κ1) is 887. The summed E-state index contributed by atoms with van der Waals surface area (Å²) in [5, 5.41) is 0. The zero-order valence-corrected chi connectivity index (χ0v) is 6.99. The van der Waals surface area contributed by atoms with E-state index in [1.54, 1.807) is 0 Å². The molecule has 66 valence electrons. The average molecular weight is 220 g/mol. The molecule has 0 amide bonds. The monoisotopic (exact) mass is 220 g/mol. The molecule has 0 saturated carbocycles. The average Bonchev–Trinajstić information content (AvgIpc) is 0. The van der Waals surface area contributed by atoms with E-state index in [4.69, 9.17) is 0 Å². The van der Waals surface area contributed by atoms with Crippen LogP contribution in [0.5, 0.6) is 0 Å². The summed E-state index contributed by atoms with van der Waals surface area (Å²) < 4.78 is 0. The maximum absolute atomic E-state index is 0. The molecule has 8 heteroatoms. The fourth-order valence-corrected chi connectivity index (χ4v) is 0. The van der Waals surface area contributed by atoms with Crippen molar-refractivity contribution < 1.29 is 33.6 Å². The Morgan fingerprint density at radius 2 is 0.250 bits per heavy atom. The molecular weight excluding hydrogens is 202 g/mol. The van der Waals surface area contributed by atoms with Gasteiger partial charge in [-0.2, -0.15) is 0 Å². The summed E-state index contributed by atoms with van der Waals surface area (Å²) in [5.74, 6) is 0. The van der Waals surface area contributed by atoms with Crippen LogP contribution in [0.4, 0.5) is 0 Å². The van der Waals surface area contributed by atoms with E-state index in [2.05, 4.69) is 0 Å². The Balaban J connectivity index is 0. The Hall–Kier alpha value is 0.773. The molecule has 18 N–H and O–H groups in total. The maximum Gasteiger partial charge on any atom is 0 e. The van der Waals surface area contributed by atoms with Crippen LogP contribution in [0, 0.1) is 0 Å². The molecule has 2 radical (unpaired) electrons. The quantitative estimate of drug-likeness (QED) is 0.349. The van der Waals surface area contributed by atoms with E-state index in [0.29, 0.717) is 0 Å². The minimum Gasteiger partial charge on any atom is -0.344 e. The van der Waals surface area contributed by atoms with E-state index < -0.39 is 0 Å². The Morgan fingerprint density at radius 1 is 0.250 bits per heavy atom. The minimum atomic E-state index is 0. The Labute approximate surface area is 70.8 Å². The van der Waals surface area contributed by atoms with Crippen molar-refractivity contribution in [3.63, 3.8) is 0 Å². The third-order valence-electron chi connectivity index (χ3n) is 0. The smallest absolute Gasteiger partial charge is 0 e. The molecule has 0 saturated heterocycles. The topological polar surface area (TPSA) is 210 Å². The Kier molecular flexibility index (Phi) is 66200. The Morgan fingerprint density at radius 3 is 0.250 bits per heavy atom. The molecule has 0 aromatic heterocycles. The van der Waals surface area contributed by atoms with Gasteiger partial charge in [-0.15, -0.1) is 0 Å². The molecule has 0 aliphatic heterocycles. The van der Waals surface area contributed by atoms with Crippen LogP contribution in [0.3, 0.4) is 0 Å². The third-order valence-corrected chi connectivity index (χ3v) is 0. The van der Waals surface area contributed by atoms with Gasteiger partial charge < -0.3 is 36.9 Å². The molecule has 0 fully saturated rings. The van der Waals surface area contributed by atoms with Gasteiger partial charge in [-0.1, -0.05) is 0 Å². The standard InChI is InChI=1S/2Co.6H3N/h;;6*1H3. The second-order valence-electron chi connectivity index (χ2n) is 0.